The Kier molecular flexibility index (Phi) is 4.28. The van der Waals surface area contributed by atoms with Gasteiger partial charge in [0, 0.05) is 38.1 Å². The fourth-order valence-electron chi connectivity index (χ4n) is 1.57. The number of aliphatic hydroxyl groups excluding tert-OH is 1. The molecule has 0 aliphatic heterocycles. The minimum absolute atomic E-state index is 0.444. The molecule has 4 nitrogen and oxygen atoms in total. The smallest absolute Gasteiger partial charge is 0.185 e. The molecule has 5 heteroatoms. The number of rotatable bonds is 5. The number of hydrogen-bond donors (Lipinski definition) is 1. The maximum Gasteiger partial charge on any atom is 0.185 e. The van der Waals surface area contributed by atoms with E-state index in [4.69, 9.17) is 0 Å². The van der Waals surface area contributed by atoms with E-state index in [1.807, 2.05) is 31.4 Å². The summed E-state index contributed by atoms with van der Waals surface area (Å²) < 4.78 is 0. The molecule has 96 valence electrons. The maximum atomic E-state index is 9.47. The molecular formula is C13H17N3OS. The molecule has 1 atom stereocenters. The Morgan fingerprint density at radius 1 is 1.39 bits per heavy atom. The number of thiazole rings is 1. The van der Waals surface area contributed by atoms with Gasteiger partial charge >= 0.3 is 0 Å². The van der Waals surface area contributed by atoms with Crippen LogP contribution in [-0.2, 0) is 6.42 Å². The van der Waals surface area contributed by atoms with E-state index in [-0.39, 0.29) is 0 Å². The lowest BCUT2D eigenvalue weighted by Gasteiger charge is -2.15. The highest BCUT2D eigenvalue weighted by molar-refractivity contribution is 7.15. The number of pyridine rings is 1. The predicted octanol–water partition coefficient (Wildman–Crippen LogP) is 2.27. The van der Waals surface area contributed by atoms with Gasteiger partial charge < -0.3 is 10.0 Å². The Morgan fingerprint density at radius 3 is 2.83 bits per heavy atom. The maximum absolute atomic E-state index is 9.47. The number of aliphatic hydroxyl groups is 1. The van der Waals surface area contributed by atoms with Crippen LogP contribution >= 0.6 is 11.3 Å². The Hall–Kier alpha value is -1.46. The molecule has 0 fully saturated rings. The molecule has 0 saturated carbocycles. The first-order valence-electron chi connectivity index (χ1n) is 5.91. The zero-order valence-corrected chi connectivity index (χ0v) is 11.4. The number of nitrogens with zero attached hydrogens (tertiary/aromatic N) is 3. The van der Waals surface area contributed by atoms with Gasteiger partial charge in [-0.2, -0.15) is 0 Å². The van der Waals surface area contributed by atoms with Crippen LogP contribution in [0.4, 0.5) is 5.13 Å². The molecule has 1 unspecified atom stereocenters. The SMILES string of the molecule is CC(O)c1cnc(N(C)CCc2ccccn2)s1. The van der Waals surface area contributed by atoms with Crippen LogP contribution in [0.2, 0.25) is 0 Å². The summed E-state index contributed by atoms with van der Waals surface area (Å²) in [6, 6.07) is 5.94. The van der Waals surface area contributed by atoms with Crippen LogP contribution in [-0.4, -0.2) is 28.7 Å². The predicted molar refractivity (Wildman–Crippen MR) is 74.0 cm³/mol. The van der Waals surface area contributed by atoms with Crippen molar-refractivity contribution in [1.82, 2.24) is 9.97 Å². The van der Waals surface area contributed by atoms with E-state index in [1.165, 1.54) is 11.3 Å². The molecule has 2 heterocycles. The molecule has 0 bridgehead atoms. The van der Waals surface area contributed by atoms with Crippen LogP contribution in [0.1, 0.15) is 23.6 Å². The highest BCUT2D eigenvalue weighted by atomic mass is 32.1. The second kappa shape index (κ2) is 5.93. The van der Waals surface area contributed by atoms with Crippen molar-refractivity contribution in [3.8, 4) is 0 Å². The van der Waals surface area contributed by atoms with Crippen LogP contribution < -0.4 is 4.90 Å². The fourth-order valence-corrected chi connectivity index (χ4v) is 2.41. The van der Waals surface area contributed by atoms with Crippen molar-refractivity contribution in [2.45, 2.75) is 19.4 Å². The number of aromatic nitrogens is 2. The van der Waals surface area contributed by atoms with Crippen LogP contribution in [0.15, 0.2) is 30.6 Å². The summed E-state index contributed by atoms with van der Waals surface area (Å²) in [6.07, 6.45) is 3.99. The molecule has 1 N–H and O–H groups in total. The summed E-state index contributed by atoms with van der Waals surface area (Å²) in [7, 11) is 2.01. The molecule has 0 radical (unpaired) electrons. The van der Waals surface area contributed by atoms with Crippen molar-refractivity contribution in [1.29, 1.82) is 0 Å². The van der Waals surface area contributed by atoms with Gasteiger partial charge in [-0.3, -0.25) is 4.98 Å². The van der Waals surface area contributed by atoms with Crippen LogP contribution in [0.25, 0.3) is 0 Å². The van der Waals surface area contributed by atoms with Crippen molar-refractivity contribution >= 4 is 16.5 Å². The van der Waals surface area contributed by atoms with Crippen molar-refractivity contribution in [3.63, 3.8) is 0 Å². The molecule has 0 saturated heterocycles. The standard InChI is InChI=1S/C13H17N3OS/c1-10(17)12-9-15-13(18-12)16(2)8-6-11-5-3-4-7-14-11/h3-5,7,9-10,17H,6,8H2,1-2H3. The lowest BCUT2D eigenvalue weighted by atomic mass is 10.2. The summed E-state index contributed by atoms with van der Waals surface area (Å²) in [6.45, 7) is 2.62. The van der Waals surface area contributed by atoms with Gasteiger partial charge in [0.2, 0.25) is 0 Å². The fraction of sp³-hybridized carbons (Fsp3) is 0.385. The molecule has 2 aromatic rings. The first kappa shape index (κ1) is 13.0. The van der Waals surface area contributed by atoms with E-state index in [2.05, 4.69) is 14.9 Å². The van der Waals surface area contributed by atoms with Crippen molar-refractivity contribution in [2.75, 3.05) is 18.5 Å². The van der Waals surface area contributed by atoms with E-state index in [0.29, 0.717) is 0 Å². The van der Waals surface area contributed by atoms with Gasteiger partial charge in [-0.1, -0.05) is 17.4 Å². The Labute approximate surface area is 111 Å². The average Bonchev–Trinajstić information content (AvgIpc) is 2.87. The van der Waals surface area contributed by atoms with E-state index in [9.17, 15) is 5.11 Å². The number of likely N-dealkylation sites (N-methyl/N-ethyl adjacent to an activating group) is 1. The monoisotopic (exact) mass is 263 g/mol. The Bertz CT molecular complexity index is 484. The zero-order chi connectivity index (χ0) is 13.0. The first-order chi connectivity index (χ1) is 8.66. The van der Waals surface area contributed by atoms with Gasteiger partial charge in [0.1, 0.15) is 0 Å². The highest BCUT2D eigenvalue weighted by Gasteiger charge is 2.10. The molecule has 0 amide bonds. The van der Waals surface area contributed by atoms with Gasteiger partial charge in [-0.15, -0.1) is 0 Å². The third kappa shape index (κ3) is 3.27. The minimum atomic E-state index is -0.444. The van der Waals surface area contributed by atoms with Crippen molar-refractivity contribution < 1.29 is 5.11 Å². The first-order valence-corrected chi connectivity index (χ1v) is 6.73. The van der Waals surface area contributed by atoms with Gasteiger partial charge in [0.15, 0.2) is 5.13 Å². The Morgan fingerprint density at radius 2 is 2.22 bits per heavy atom. The largest absolute Gasteiger partial charge is 0.388 e. The molecule has 18 heavy (non-hydrogen) atoms. The second-order valence-electron chi connectivity index (χ2n) is 4.21. The van der Waals surface area contributed by atoms with Gasteiger partial charge in [-0.05, 0) is 19.1 Å². The molecule has 0 aromatic carbocycles. The summed E-state index contributed by atoms with van der Waals surface area (Å²) in [5.74, 6) is 0. The summed E-state index contributed by atoms with van der Waals surface area (Å²) >= 11 is 1.53. The van der Waals surface area contributed by atoms with Crippen LogP contribution in [0.5, 0.6) is 0 Å². The molecule has 0 spiro atoms. The van der Waals surface area contributed by atoms with Gasteiger partial charge in [0.25, 0.3) is 0 Å². The van der Waals surface area contributed by atoms with E-state index in [1.54, 1.807) is 13.1 Å². The summed E-state index contributed by atoms with van der Waals surface area (Å²) in [5, 5.41) is 10.4. The average molecular weight is 263 g/mol. The normalized spacial score (nSPS) is 12.4. The molecule has 0 aliphatic rings. The third-order valence-corrected chi connectivity index (χ3v) is 3.96. The van der Waals surface area contributed by atoms with Crippen molar-refractivity contribution in [3.05, 3.63) is 41.2 Å². The summed E-state index contributed by atoms with van der Waals surface area (Å²) in [5.41, 5.74) is 1.08. The highest BCUT2D eigenvalue weighted by Crippen LogP contribution is 2.26. The second-order valence-corrected chi connectivity index (χ2v) is 5.25. The number of anilines is 1. The third-order valence-electron chi connectivity index (χ3n) is 2.68. The van der Waals surface area contributed by atoms with Gasteiger partial charge in [-0.25, -0.2) is 4.98 Å². The topological polar surface area (TPSA) is 49.3 Å². The molecule has 0 aliphatic carbocycles. The molecular weight excluding hydrogens is 246 g/mol. The van der Waals surface area contributed by atoms with E-state index >= 15 is 0 Å². The minimum Gasteiger partial charge on any atom is -0.388 e. The summed E-state index contributed by atoms with van der Waals surface area (Å²) in [4.78, 5) is 11.6. The Balaban J connectivity index is 1.93. The van der Waals surface area contributed by atoms with Crippen molar-refractivity contribution in [2.24, 2.45) is 0 Å². The van der Waals surface area contributed by atoms with E-state index < -0.39 is 6.10 Å². The lowest BCUT2D eigenvalue weighted by molar-refractivity contribution is 0.203. The van der Waals surface area contributed by atoms with Crippen LogP contribution in [0.3, 0.4) is 0 Å². The molecule has 2 rings (SSSR count). The van der Waals surface area contributed by atoms with Crippen LogP contribution in [0, 0.1) is 0 Å². The molecule has 2 aromatic heterocycles. The van der Waals surface area contributed by atoms with E-state index in [0.717, 1.165) is 28.7 Å². The number of hydrogen-bond acceptors (Lipinski definition) is 5. The van der Waals surface area contributed by atoms with Gasteiger partial charge in [0.05, 0.1) is 11.0 Å². The zero-order valence-electron chi connectivity index (χ0n) is 10.6. The lowest BCUT2D eigenvalue weighted by Crippen LogP contribution is -2.20. The quantitative estimate of drug-likeness (QED) is 0.899.